The summed E-state index contributed by atoms with van der Waals surface area (Å²) in [4.78, 5) is 4.15. The van der Waals surface area contributed by atoms with Crippen LogP contribution in [0.25, 0.3) is 0 Å². The first-order valence-corrected chi connectivity index (χ1v) is 7.02. The average molecular weight is 266 g/mol. The van der Waals surface area contributed by atoms with Gasteiger partial charge in [-0.2, -0.15) is 0 Å². The molecule has 2 N–H and O–H groups in total. The molecule has 0 bridgehead atoms. The minimum absolute atomic E-state index is 0.377. The Balaban J connectivity index is 2.17. The first-order valence-electron chi connectivity index (χ1n) is 7.02. The maximum atomic E-state index is 10.4. The van der Waals surface area contributed by atoms with E-state index in [1.165, 1.54) is 5.56 Å². The molecule has 4 nitrogen and oxygen atoms in total. The molecular formula is C15H24NO3+. The minimum atomic E-state index is 0.377. The lowest BCUT2D eigenvalue weighted by molar-refractivity contribution is -0.924. The van der Waals surface area contributed by atoms with E-state index in [4.69, 9.17) is 5.26 Å². The molecular weight excluding hydrogens is 242 g/mol. The van der Waals surface area contributed by atoms with E-state index in [9.17, 15) is 5.11 Å². The van der Waals surface area contributed by atoms with Gasteiger partial charge in [0.05, 0.1) is 32.3 Å². The van der Waals surface area contributed by atoms with Gasteiger partial charge in [0.1, 0.15) is 12.3 Å². The molecule has 0 radical (unpaired) electrons. The second-order valence-electron chi connectivity index (χ2n) is 5.73. The summed E-state index contributed by atoms with van der Waals surface area (Å²) in [5, 5.41) is 18.8. The second-order valence-corrected chi connectivity index (χ2v) is 5.73. The zero-order chi connectivity index (χ0) is 13.9. The number of nitrogens with zero attached hydrogens (tertiary/aromatic N) is 1. The van der Waals surface area contributed by atoms with Crippen LogP contribution < -0.4 is 0 Å². The highest BCUT2D eigenvalue weighted by Crippen LogP contribution is 2.33. The fourth-order valence-corrected chi connectivity index (χ4v) is 2.98. The van der Waals surface area contributed by atoms with Gasteiger partial charge in [0.2, 0.25) is 0 Å². The van der Waals surface area contributed by atoms with Crippen molar-refractivity contribution in [2.75, 3.05) is 26.7 Å². The van der Waals surface area contributed by atoms with Crippen molar-refractivity contribution in [3.05, 3.63) is 28.8 Å². The summed E-state index contributed by atoms with van der Waals surface area (Å²) in [6.45, 7) is 5.33. The Hall–Kier alpha value is -1.10. The molecule has 19 heavy (non-hydrogen) atoms. The molecule has 0 saturated heterocycles. The fourth-order valence-electron chi connectivity index (χ4n) is 2.98. The lowest BCUT2D eigenvalue weighted by Gasteiger charge is -2.39. The predicted molar refractivity (Wildman–Crippen MR) is 74.0 cm³/mol. The Labute approximate surface area is 114 Å². The van der Waals surface area contributed by atoms with Crippen LogP contribution in [0, 0.1) is 0 Å². The van der Waals surface area contributed by atoms with E-state index >= 15 is 0 Å². The average Bonchev–Trinajstić information content (AvgIpc) is 2.40. The summed E-state index contributed by atoms with van der Waals surface area (Å²) in [6.07, 6.45) is 2.70. The van der Waals surface area contributed by atoms with Crippen LogP contribution in [-0.4, -0.2) is 41.6 Å². The van der Waals surface area contributed by atoms with Crippen LogP contribution in [-0.2, 0) is 24.3 Å². The molecule has 0 amide bonds. The highest BCUT2D eigenvalue weighted by atomic mass is 17.1. The van der Waals surface area contributed by atoms with Crippen molar-refractivity contribution in [2.24, 2.45) is 0 Å². The first-order chi connectivity index (χ1) is 9.09. The minimum Gasteiger partial charge on any atom is -0.507 e. The summed E-state index contributed by atoms with van der Waals surface area (Å²) in [6, 6.07) is 4.21. The Morgan fingerprint density at radius 3 is 2.84 bits per heavy atom. The number of rotatable bonds is 5. The van der Waals surface area contributed by atoms with Gasteiger partial charge >= 0.3 is 0 Å². The molecule has 0 aliphatic carbocycles. The van der Waals surface area contributed by atoms with Gasteiger partial charge in [-0.1, -0.05) is 19.1 Å². The van der Waals surface area contributed by atoms with E-state index in [0.29, 0.717) is 12.4 Å². The molecule has 4 heteroatoms. The molecule has 1 unspecified atom stereocenters. The zero-order valence-corrected chi connectivity index (χ0v) is 11.9. The number of quaternary nitrogens is 1. The molecule has 0 spiro atoms. The number of benzene rings is 1. The van der Waals surface area contributed by atoms with Crippen molar-refractivity contribution >= 4 is 0 Å². The van der Waals surface area contributed by atoms with Crippen molar-refractivity contribution in [2.45, 2.75) is 32.7 Å². The zero-order valence-electron chi connectivity index (χ0n) is 11.9. The van der Waals surface area contributed by atoms with E-state index in [1.807, 2.05) is 6.07 Å². The van der Waals surface area contributed by atoms with E-state index in [0.717, 1.165) is 54.5 Å². The van der Waals surface area contributed by atoms with Gasteiger partial charge in [0, 0.05) is 12.8 Å². The summed E-state index contributed by atoms with van der Waals surface area (Å²) in [7, 11) is 2.21. The second kappa shape index (κ2) is 5.90. The molecule has 1 heterocycles. The lowest BCUT2D eigenvalue weighted by atomic mass is 9.93. The molecule has 1 aromatic carbocycles. The number of phenolic OH excluding ortho intramolecular Hbond substituents is 1. The predicted octanol–water partition coefficient (Wildman–Crippen LogP) is 2.34. The van der Waals surface area contributed by atoms with Gasteiger partial charge in [-0.15, -0.1) is 0 Å². The molecule has 1 atom stereocenters. The largest absolute Gasteiger partial charge is 0.507 e. The number of hydrogen-bond donors (Lipinski definition) is 2. The van der Waals surface area contributed by atoms with Gasteiger partial charge in [0.15, 0.2) is 0 Å². The topological polar surface area (TPSA) is 49.7 Å². The van der Waals surface area contributed by atoms with Gasteiger partial charge in [-0.05, 0) is 17.5 Å². The Morgan fingerprint density at radius 2 is 2.16 bits per heavy atom. The van der Waals surface area contributed by atoms with Crippen LogP contribution in [0.5, 0.6) is 5.75 Å². The van der Waals surface area contributed by atoms with Gasteiger partial charge in [-0.25, -0.2) is 4.89 Å². The Kier molecular flexibility index (Phi) is 4.45. The maximum absolute atomic E-state index is 10.4. The molecule has 1 aromatic rings. The summed E-state index contributed by atoms with van der Waals surface area (Å²) < 4.78 is 0.900. The summed E-state index contributed by atoms with van der Waals surface area (Å²) in [5.74, 6) is 0.488. The third-order valence-electron chi connectivity index (χ3n) is 4.24. The highest BCUT2D eigenvalue weighted by molar-refractivity contribution is 5.46. The van der Waals surface area contributed by atoms with Crippen molar-refractivity contribution in [1.82, 2.24) is 0 Å². The Morgan fingerprint density at radius 1 is 1.37 bits per heavy atom. The monoisotopic (exact) mass is 266 g/mol. The summed E-state index contributed by atoms with van der Waals surface area (Å²) in [5.41, 5.74) is 3.42. The van der Waals surface area contributed by atoms with Crippen LogP contribution in [0.2, 0.25) is 0 Å². The maximum Gasteiger partial charge on any atom is 0.127 e. The van der Waals surface area contributed by atoms with Crippen molar-refractivity contribution in [3.8, 4) is 5.75 Å². The molecule has 0 saturated carbocycles. The number of aromatic hydroxyl groups is 1. The van der Waals surface area contributed by atoms with Crippen molar-refractivity contribution < 1.29 is 19.7 Å². The van der Waals surface area contributed by atoms with Crippen LogP contribution >= 0.6 is 0 Å². The number of aryl methyl sites for hydroxylation is 1. The molecule has 0 fully saturated rings. The summed E-state index contributed by atoms with van der Waals surface area (Å²) >= 11 is 0. The first kappa shape index (κ1) is 14.3. The van der Waals surface area contributed by atoms with E-state index in [1.54, 1.807) is 0 Å². The smallest absolute Gasteiger partial charge is 0.127 e. The van der Waals surface area contributed by atoms with Crippen molar-refractivity contribution in [1.29, 1.82) is 0 Å². The molecule has 2 rings (SSSR count). The van der Waals surface area contributed by atoms with E-state index < -0.39 is 0 Å². The van der Waals surface area contributed by atoms with E-state index in [2.05, 4.69) is 24.9 Å². The number of hydrogen-bond acceptors (Lipinski definition) is 3. The normalized spacial score (nSPS) is 22.3. The van der Waals surface area contributed by atoms with Crippen molar-refractivity contribution in [3.63, 3.8) is 0 Å². The van der Waals surface area contributed by atoms with Gasteiger partial charge < -0.3 is 9.59 Å². The SMILES string of the molecule is CCc1ccc2c(c1O)C[N+](C)(CCCOO)CC2. The molecule has 1 aliphatic rings. The fraction of sp³-hybridized carbons (Fsp3) is 0.600. The third-order valence-corrected chi connectivity index (χ3v) is 4.24. The van der Waals surface area contributed by atoms with E-state index in [-0.39, 0.29) is 0 Å². The number of fused-ring (bicyclic) bond motifs is 1. The van der Waals surface area contributed by atoms with Crippen LogP contribution in [0.4, 0.5) is 0 Å². The molecule has 1 aliphatic heterocycles. The van der Waals surface area contributed by atoms with Gasteiger partial charge in [-0.3, -0.25) is 5.26 Å². The third kappa shape index (κ3) is 3.08. The molecule has 0 aromatic heterocycles. The lowest BCUT2D eigenvalue weighted by Crippen LogP contribution is -2.48. The van der Waals surface area contributed by atoms with Crippen LogP contribution in [0.3, 0.4) is 0 Å². The highest BCUT2D eigenvalue weighted by Gasteiger charge is 2.30. The number of phenols is 1. The quantitative estimate of drug-likeness (QED) is 0.372. The molecule has 106 valence electrons. The Bertz CT molecular complexity index is 447. The van der Waals surface area contributed by atoms with Gasteiger partial charge in [0.25, 0.3) is 0 Å². The number of likely N-dealkylation sites (N-methyl/N-ethyl adjacent to an activating group) is 1. The standard InChI is InChI=1S/C15H23NO3/c1-3-12-5-6-13-7-9-16(2,8-4-10-19-18)11-14(13)15(12)17/h5-6H,3-4,7-11H2,1-2H3,(H-,17,18)/p+1. The van der Waals surface area contributed by atoms with Crippen LogP contribution in [0.15, 0.2) is 12.1 Å². The van der Waals surface area contributed by atoms with Crippen LogP contribution in [0.1, 0.15) is 30.0 Å².